The maximum absolute atomic E-state index is 12.6. The third kappa shape index (κ3) is 7.82. The number of fused-ring (bicyclic) bond motifs is 2. The maximum atomic E-state index is 12.6. The smallest absolute Gasteiger partial charge is 0.227 e. The van der Waals surface area contributed by atoms with Crippen molar-refractivity contribution in [2.45, 2.75) is 58.3 Å². The van der Waals surface area contributed by atoms with Crippen LogP contribution in [0, 0.1) is 5.92 Å². The summed E-state index contributed by atoms with van der Waals surface area (Å²) in [4.78, 5) is 25.1. The molecule has 0 spiro atoms. The molecule has 0 saturated heterocycles. The third-order valence-corrected chi connectivity index (χ3v) is 5.95. The highest BCUT2D eigenvalue weighted by molar-refractivity contribution is 6.35. The van der Waals surface area contributed by atoms with Crippen molar-refractivity contribution >= 4 is 29.0 Å². The number of amides is 1. The maximum Gasteiger partial charge on any atom is 0.227 e. The number of hydrogen-bond acceptors (Lipinski definition) is 6. The van der Waals surface area contributed by atoms with Crippen molar-refractivity contribution in [3.05, 3.63) is 58.2 Å². The number of aliphatic hydroxyl groups is 2. The van der Waals surface area contributed by atoms with E-state index in [9.17, 15) is 24.9 Å². The molecule has 0 aliphatic carbocycles. The van der Waals surface area contributed by atoms with Crippen LogP contribution in [-0.4, -0.2) is 52.4 Å². The van der Waals surface area contributed by atoms with Crippen molar-refractivity contribution in [3.63, 3.8) is 0 Å². The fourth-order valence-corrected chi connectivity index (χ4v) is 3.72. The van der Waals surface area contributed by atoms with Crippen LogP contribution < -0.4 is 5.32 Å². The van der Waals surface area contributed by atoms with Crippen LogP contribution in [0.3, 0.4) is 0 Å². The molecule has 0 fully saturated rings. The number of ether oxygens (including phenoxy) is 1. The number of carbonyl (C=O) groups is 2. The van der Waals surface area contributed by atoms with Gasteiger partial charge in [0.15, 0.2) is 5.78 Å². The normalized spacial score (nSPS) is 25.9. The first-order valence-corrected chi connectivity index (χ1v) is 11.1. The van der Waals surface area contributed by atoms with Crippen LogP contribution in [0.15, 0.2) is 47.6 Å². The highest BCUT2D eigenvalue weighted by Gasteiger charge is 2.23. The fraction of sp³-hybridized carbons (Fsp3) is 0.440. The molecule has 4 atom stereocenters. The lowest BCUT2D eigenvalue weighted by molar-refractivity contribution is -0.128. The van der Waals surface area contributed by atoms with E-state index in [0.29, 0.717) is 12.0 Å². The van der Waals surface area contributed by atoms with Crippen LogP contribution in [0.5, 0.6) is 5.75 Å². The van der Waals surface area contributed by atoms with Gasteiger partial charge in [-0.15, -0.1) is 0 Å². The standard InChI is InChI=1S/C25H32ClNO6/c1-14-6-5-7-23(33-4)21(30)12-19(28)15(2)9-16(3)20(29)13-24(32)27-18-10-17(8-14)11-22(31)25(18)26/h5-7,9-11,15,19-20,23,28-29,31H,8,12-13H2,1-4H3,(H,27,32)/t15-,19-,20-,23+/m0/s1. The summed E-state index contributed by atoms with van der Waals surface area (Å²) in [7, 11) is 1.43. The molecule has 180 valence electrons. The Morgan fingerprint density at radius 1 is 1.15 bits per heavy atom. The lowest BCUT2D eigenvalue weighted by Crippen LogP contribution is -2.28. The van der Waals surface area contributed by atoms with Crippen molar-refractivity contribution in [2.24, 2.45) is 5.92 Å². The number of carbonyl (C=O) groups excluding carboxylic acids is 2. The van der Waals surface area contributed by atoms with Crippen molar-refractivity contribution < 1.29 is 29.6 Å². The molecule has 0 radical (unpaired) electrons. The minimum absolute atomic E-state index is 0.0134. The first-order valence-electron chi connectivity index (χ1n) is 10.8. The largest absolute Gasteiger partial charge is 0.506 e. The molecule has 1 amide bonds. The van der Waals surface area contributed by atoms with E-state index in [1.54, 1.807) is 38.1 Å². The van der Waals surface area contributed by atoms with Crippen LogP contribution in [0.1, 0.15) is 39.2 Å². The Morgan fingerprint density at radius 2 is 1.85 bits per heavy atom. The van der Waals surface area contributed by atoms with Gasteiger partial charge in [-0.2, -0.15) is 0 Å². The molecule has 0 saturated carbocycles. The zero-order valence-corrected chi connectivity index (χ0v) is 20.1. The zero-order valence-electron chi connectivity index (χ0n) is 19.3. The van der Waals surface area contributed by atoms with E-state index in [1.165, 1.54) is 13.2 Å². The van der Waals surface area contributed by atoms with Crippen LogP contribution in [0.4, 0.5) is 5.69 Å². The quantitative estimate of drug-likeness (QED) is 0.458. The predicted molar refractivity (Wildman–Crippen MR) is 128 cm³/mol. The van der Waals surface area contributed by atoms with Crippen molar-refractivity contribution in [3.8, 4) is 5.75 Å². The lowest BCUT2D eigenvalue weighted by atomic mass is 9.94. The van der Waals surface area contributed by atoms with E-state index in [0.717, 1.165) is 11.1 Å². The number of aromatic hydroxyl groups is 1. The molecule has 1 heterocycles. The van der Waals surface area contributed by atoms with Crippen LogP contribution in [0.25, 0.3) is 0 Å². The molecule has 4 N–H and O–H groups in total. The summed E-state index contributed by atoms with van der Waals surface area (Å²) in [5, 5.41) is 33.8. The van der Waals surface area contributed by atoms with Crippen LogP contribution >= 0.6 is 11.6 Å². The Kier molecular flexibility index (Phi) is 9.86. The summed E-state index contributed by atoms with van der Waals surface area (Å²) >= 11 is 6.17. The Labute approximate surface area is 199 Å². The summed E-state index contributed by atoms with van der Waals surface area (Å²) in [6.07, 6.45) is 4.04. The molecule has 2 bridgehead atoms. The second kappa shape index (κ2) is 12.1. The predicted octanol–water partition coefficient (Wildman–Crippen LogP) is 3.71. The topological polar surface area (TPSA) is 116 Å². The number of phenols is 1. The third-order valence-electron chi connectivity index (χ3n) is 5.56. The monoisotopic (exact) mass is 477 g/mol. The molecular formula is C25H32ClNO6. The van der Waals surface area contributed by atoms with E-state index in [4.69, 9.17) is 16.3 Å². The first-order chi connectivity index (χ1) is 15.5. The number of aliphatic hydroxyl groups excluding tert-OH is 2. The Hall–Kier alpha value is -2.45. The van der Waals surface area contributed by atoms with E-state index in [-0.39, 0.29) is 35.1 Å². The summed E-state index contributed by atoms with van der Waals surface area (Å²) < 4.78 is 5.27. The Morgan fingerprint density at radius 3 is 2.52 bits per heavy atom. The van der Waals surface area contributed by atoms with E-state index >= 15 is 0 Å². The average molecular weight is 478 g/mol. The number of benzene rings is 1. The molecule has 1 aromatic rings. The van der Waals surface area contributed by atoms with Crippen LogP contribution in [0.2, 0.25) is 5.02 Å². The molecule has 1 aliphatic heterocycles. The SMILES string of the molecule is CO[C@@H]1C=CC=C(C)Cc2cc(O)c(Cl)c(c2)NC(=O)C[C@H](O)C(C)=C[C@H](C)[C@@H](O)CC1=O. The van der Waals surface area contributed by atoms with Gasteiger partial charge in [-0.25, -0.2) is 0 Å². The number of Topliss-reactive ketones (excluding diaryl/α,β-unsaturated/α-hetero) is 1. The number of methoxy groups -OCH3 is 1. The van der Waals surface area contributed by atoms with Crippen molar-refractivity contribution in [1.29, 1.82) is 0 Å². The van der Waals surface area contributed by atoms with E-state index < -0.39 is 30.1 Å². The second-order valence-corrected chi connectivity index (χ2v) is 8.86. The number of nitrogens with one attached hydrogen (secondary N) is 1. The fourth-order valence-electron chi connectivity index (χ4n) is 3.56. The first kappa shape index (κ1) is 26.8. The Balaban J connectivity index is 2.43. The number of phenolic OH excluding ortho intramolecular Hbond substituents is 1. The number of rotatable bonds is 1. The number of ketones is 1. The van der Waals surface area contributed by atoms with Gasteiger partial charge in [-0.3, -0.25) is 9.59 Å². The van der Waals surface area contributed by atoms with Gasteiger partial charge in [0.2, 0.25) is 5.91 Å². The molecule has 8 heteroatoms. The summed E-state index contributed by atoms with van der Waals surface area (Å²) in [5.74, 6) is -1.34. The number of allylic oxidation sites excluding steroid dienone is 3. The highest BCUT2D eigenvalue weighted by Crippen LogP contribution is 2.34. The second-order valence-electron chi connectivity index (χ2n) is 8.48. The minimum atomic E-state index is -1.09. The Bertz CT molecular complexity index is 968. The van der Waals surface area contributed by atoms with Crippen molar-refractivity contribution in [2.75, 3.05) is 12.4 Å². The lowest BCUT2D eigenvalue weighted by Gasteiger charge is -2.19. The van der Waals surface area contributed by atoms with Gasteiger partial charge in [0.05, 0.1) is 24.3 Å². The van der Waals surface area contributed by atoms with Crippen LogP contribution in [-0.2, 0) is 20.7 Å². The molecular weight excluding hydrogens is 446 g/mol. The molecule has 0 unspecified atom stereocenters. The summed E-state index contributed by atoms with van der Waals surface area (Å²) in [6, 6.07) is 3.19. The van der Waals surface area contributed by atoms with Crippen molar-refractivity contribution in [1.82, 2.24) is 0 Å². The van der Waals surface area contributed by atoms with Gasteiger partial charge < -0.3 is 25.4 Å². The minimum Gasteiger partial charge on any atom is -0.506 e. The summed E-state index contributed by atoms with van der Waals surface area (Å²) in [6.45, 7) is 5.27. The number of halogens is 1. The average Bonchev–Trinajstić information content (AvgIpc) is 2.73. The molecule has 33 heavy (non-hydrogen) atoms. The van der Waals surface area contributed by atoms with Gasteiger partial charge >= 0.3 is 0 Å². The van der Waals surface area contributed by atoms with Gasteiger partial charge in [0, 0.05) is 19.4 Å². The zero-order chi connectivity index (χ0) is 24.7. The molecule has 0 aromatic heterocycles. The van der Waals surface area contributed by atoms with E-state index in [1.807, 2.05) is 13.0 Å². The number of anilines is 1. The number of hydrogen-bond donors (Lipinski definition) is 4. The molecule has 7 nitrogen and oxygen atoms in total. The molecule has 2 rings (SSSR count). The van der Waals surface area contributed by atoms with Gasteiger partial charge in [-0.1, -0.05) is 42.3 Å². The molecule has 1 aliphatic rings. The van der Waals surface area contributed by atoms with E-state index in [2.05, 4.69) is 5.32 Å². The van der Waals surface area contributed by atoms with Gasteiger partial charge in [0.1, 0.15) is 16.9 Å². The van der Waals surface area contributed by atoms with Gasteiger partial charge in [0.25, 0.3) is 0 Å². The van der Waals surface area contributed by atoms with Gasteiger partial charge in [-0.05, 0) is 49.6 Å². The summed E-state index contributed by atoms with van der Waals surface area (Å²) in [5.41, 5.74) is 2.39. The molecule has 1 aromatic carbocycles. The highest BCUT2D eigenvalue weighted by atomic mass is 35.5.